The summed E-state index contributed by atoms with van der Waals surface area (Å²) < 4.78 is 0. The van der Waals surface area contributed by atoms with Crippen LogP contribution in [0.4, 0.5) is 0 Å². The van der Waals surface area contributed by atoms with Crippen molar-refractivity contribution in [2.75, 3.05) is 0 Å². The van der Waals surface area contributed by atoms with E-state index in [0.717, 1.165) is 5.56 Å². The highest BCUT2D eigenvalue weighted by Gasteiger charge is 2.21. The molecule has 0 aliphatic heterocycles. The number of nitrogens with two attached hydrogens (primary N) is 1. The molecule has 0 heterocycles. The van der Waals surface area contributed by atoms with Gasteiger partial charge in [-0.2, -0.15) is 0 Å². The quantitative estimate of drug-likeness (QED) is 0.846. The Morgan fingerprint density at radius 1 is 1.24 bits per heavy atom. The first kappa shape index (κ1) is 14.3. The molecule has 96 valence electrons. The number of aryl methyl sites for hydroxylation is 1. The molecule has 0 bridgehead atoms. The van der Waals surface area contributed by atoms with Crippen molar-refractivity contribution in [3.8, 4) is 5.75 Å². The van der Waals surface area contributed by atoms with Crippen LogP contribution in [0.3, 0.4) is 0 Å². The molecule has 1 aromatic rings. The molecular formula is C14H22ClNO. The van der Waals surface area contributed by atoms with Crippen molar-refractivity contribution in [3.05, 3.63) is 29.3 Å². The Morgan fingerprint density at radius 2 is 1.88 bits per heavy atom. The zero-order chi connectivity index (χ0) is 11.5. The number of benzene rings is 1. The molecule has 3 N–H and O–H groups in total. The van der Waals surface area contributed by atoms with Gasteiger partial charge in [-0.05, 0) is 42.9 Å². The Hall–Kier alpha value is -0.730. The van der Waals surface area contributed by atoms with Crippen LogP contribution in [0.15, 0.2) is 18.2 Å². The molecule has 0 amide bonds. The standard InChI is InChI=1S/C14H21NO.ClH/c1-10-9-12(7-8-13(10)16)14(15)11-5-3-2-4-6-11;/h7-9,11,14,16H,2-6,15H2,1H3;1H/t14-;/m1./s1. The molecule has 0 saturated heterocycles. The van der Waals surface area contributed by atoms with E-state index in [9.17, 15) is 5.11 Å². The lowest BCUT2D eigenvalue weighted by atomic mass is 9.81. The molecule has 17 heavy (non-hydrogen) atoms. The van der Waals surface area contributed by atoms with Crippen molar-refractivity contribution >= 4 is 12.4 Å². The predicted molar refractivity (Wildman–Crippen MR) is 73.6 cm³/mol. The zero-order valence-corrected chi connectivity index (χ0v) is 11.2. The first-order valence-electron chi connectivity index (χ1n) is 6.23. The summed E-state index contributed by atoms with van der Waals surface area (Å²) in [6.07, 6.45) is 6.49. The molecule has 1 aromatic carbocycles. The van der Waals surface area contributed by atoms with Crippen LogP contribution in [-0.4, -0.2) is 5.11 Å². The summed E-state index contributed by atoms with van der Waals surface area (Å²) in [6, 6.07) is 5.88. The van der Waals surface area contributed by atoms with Gasteiger partial charge >= 0.3 is 0 Å². The summed E-state index contributed by atoms with van der Waals surface area (Å²) in [4.78, 5) is 0. The summed E-state index contributed by atoms with van der Waals surface area (Å²) in [7, 11) is 0. The molecule has 0 unspecified atom stereocenters. The molecule has 1 fully saturated rings. The van der Waals surface area contributed by atoms with Crippen molar-refractivity contribution in [3.63, 3.8) is 0 Å². The molecular weight excluding hydrogens is 234 g/mol. The van der Waals surface area contributed by atoms with Crippen LogP contribution in [0.2, 0.25) is 0 Å². The molecule has 2 nitrogen and oxygen atoms in total. The van der Waals surface area contributed by atoms with E-state index in [1.165, 1.54) is 37.7 Å². The van der Waals surface area contributed by atoms with Gasteiger partial charge in [0, 0.05) is 6.04 Å². The number of aromatic hydroxyl groups is 1. The summed E-state index contributed by atoms with van der Waals surface area (Å²) in [5.41, 5.74) is 8.40. The van der Waals surface area contributed by atoms with Crippen molar-refractivity contribution < 1.29 is 5.11 Å². The SMILES string of the molecule is Cc1cc([C@H](N)C2CCCCC2)ccc1O.Cl. The van der Waals surface area contributed by atoms with Crippen LogP contribution in [0.1, 0.15) is 49.3 Å². The molecule has 1 saturated carbocycles. The van der Waals surface area contributed by atoms with Gasteiger partial charge in [-0.15, -0.1) is 12.4 Å². The van der Waals surface area contributed by atoms with Crippen LogP contribution in [0, 0.1) is 12.8 Å². The second-order valence-electron chi connectivity index (χ2n) is 4.97. The highest BCUT2D eigenvalue weighted by molar-refractivity contribution is 5.85. The van der Waals surface area contributed by atoms with Crippen LogP contribution >= 0.6 is 12.4 Å². The molecule has 2 rings (SSSR count). The molecule has 1 aliphatic rings. The van der Waals surface area contributed by atoms with E-state index in [1.54, 1.807) is 6.07 Å². The maximum absolute atomic E-state index is 9.50. The fraction of sp³-hybridized carbons (Fsp3) is 0.571. The zero-order valence-electron chi connectivity index (χ0n) is 10.4. The Labute approximate surface area is 110 Å². The van der Waals surface area contributed by atoms with E-state index in [-0.39, 0.29) is 18.4 Å². The van der Waals surface area contributed by atoms with Crippen molar-refractivity contribution in [1.29, 1.82) is 0 Å². The second-order valence-corrected chi connectivity index (χ2v) is 4.97. The van der Waals surface area contributed by atoms with Gasteiger partial charge in [0.05, 0.1) is 0 Å². The lowest BCUT2D eigenvalue weighted by molar-refractivity contribution is 0.308. The minimum Gasteiger partial charge on any atom is -0.508 e. The van der Waals surface area contributed by atoms with E-state index >= 15 is 0 Å². The minimum absolute atomic E-state index is 0. The average Bonchev–Trinajstić information content (AvgIpc) is 2.33. The average molecular weight is 256 g/mol. The third-order valence-electron chi connectivity index (χ3n) is 3.76. The van der Waals surface area contributed by atoms with Gasteiger partial charge in [0.15, 0.2) is 0 Å². The van der Waals surface area contributed by atoms with Gasteiger partial charge in [-0.3, -0.25) is 0 Å². The predicted octanol–water partition coefficient (Wildman–Crippen LogP) is 3.70. The highest BCUT2D eigenvalue weighted by Crippen LogP contribution is 2.33. The van der Waals surface area contributed by atoms with Crippen LogP contribution in [0.5, 0.6) is 5.75 Å². The third kappa shape index (κ3) is 3.36. The number of halogens is 1. The molecule has 0 aromatic heterocycles. The second kappa shape index (κ2) is 6.27. The van der Waals surface area contributed by atoms with E-state index in [1.807, 2.05) is 19.1 Å². The number of phenolic OH excluding ortho intramolecular Hbond substituents is 1. The lowest BCUT2D eigenvalue weighted by Crippen LogP contribution is -2.23. The number of rotatable bonds is 2. The van der Waals surface area contributed by atoms with E-state index in [0.29, 0.717) is 11.7 Å². The van der Waals surface area contributed by atoms with Gasteiger partial charge in [0.1, 0.15) is 5.75 Å². The molecule has 0 spiro atoms. The normalized spacial score (nSPS) is 18.5. The van der Waals surface area contributed by atoms with Gasteiger partial charge in [-0.25, -0.2) is 0 Å². The largest absolute Gasteiger partial charge is 0.508 e. The first-order chi connectivity index (χ1) is 7.68. The van der Waals surface area contributed by atoms with Gasteiger partial charge in [0.25, 0.3) is 0 Å². The molecule has 3 heteroatoms. The van der Waals surface area contributed by atoms with Crippen LogP contribution in [-0.2, 0) is 0 Å². The monoisotopic (exact) mass is 255 g/mol. The maximum atomic E-state index is 9.50. The van der Waals surface area contributed by atoms with E-state index < -0.39 is 0 Å². The fourth-order valence-corrected chi connectivity index (χ4v) is 2.65. The summed E-state index contributed by atoms with van der Waals surface area (Å²) in [5, 5.41) is 9.50. The van der Waals surface area contributed by atoms with E-state index in [2.05, 4.69) is 0 Å². The Morgan fingerprint density at radius 3 is 2.47 bits per heavy atom. The summed E-state index contributed by atoms with van der Waals surface area (Å²) in [5.74, 6) is 0.984. The Balaban J connectivity index is 0.00000144. The number of hydrogen-bond acceptors (Lipinski definition) is 2. The van der Waals surface area contributed by atoms with E-state index in [4.69, 9.17) is 5.73 Å². The molecule has 1 aliphatic carbocycles. The topological polar surface area (TPSA) is 46.2 Å². The van der Waals surface area contributed by atoms with Gasteiger partial charge in [-0.1, -0.05) is 31.4 Å². The molecule has 1 atom stereocenters. The summed E-state index contributed by atoms with van der Waals surface area (Å²) in [6.45, 7) is 1.92. The van der Waals surface area contributed by atoms with Crippen molar-refractivity contribution in [2.24, 2.45) is 11.7 Å². The number of hydrogen-bond donors (Lipinski definition) is 2. The first-order valence-corrected chi connectivity index (χ1v) is 6.23. The minimum atomic E-state index is 0. The third-order valence-corrected chi connectivity index (χ3v) is 3.76. The van der Waals surface area contributed by atoms with Crippen molar-refractivity contribution in [1.82, 2.24) is 0 Å². The van der Waals surface area contributed by atoms with Crippen LogP contribution in [0.25, 0.3) is 0 Å². The fourth-order valence-electron chi connectivity index (χ4n) is 2.65. The Kier molecular flexibility index (Phi) is 5.29. The lowest BCUT2D eigenvalue weighted by Gasteiger charge is -2.28. The van der Waals surface area contributed by atoms with Gasteiger partial charge < -0.3 is 10.8 Å². The summed E-state index contributed by atoms with van der Waals surface area (Å²) >= 11 is 0. The van der Waals surface area contributed by atoms with Gasteiger partial charge in [0.2, 0.25) is 0 Å². The Bertz CT molecular complexity index is 361. The van der Waals surface area contributed by atoms with Crippen molar-refractivity contribution in [2.45, 2.75) is 45.1 Å². The smallest absolute Gasteiger partial charge is 0.118 e. The number of phenols is 1. The molecule has 0 radical (unpaired) electrons. The highest BCUT2D eigenvalue weighted by atomic mass is 35.5. The van der Waals surface area contributed by atoms with Crippen LogP contribution < -0.4 is 5.73 Å². The maximum Gasteiger partial charge on any atom is 0.118 e.